The van der Waals surface area contributed by atoms with Gasteiger partial charge in [0.2, 0.25) is 0 Å². The van der Waals surface area contributed by atoms with Crippen LogP contribution in [0, 0.1) is 0 Å². The van der Waals surface area contributed by atoms with Crippen LogP contribution in [0.1, 0.15) is 20.7 Å². The fraction of sp³-hybridized carbons (Fsp3) is 0.0833. The molecule has 0 unspecified atom stereocenters. The molecule has 4 rings (SSSR count). The third-order valence-electron chi connectivity index (χ3n) is 4.94. The van der Waals surface area contributed by atoms with Crippen LogP contribution in [0.25, 0.3) is 33.2 Å². The van der Waals surface area contributed by atoms with Gasteiger partial charge in [-0.25, -0.2) is 9.59 Å². The van der Waals surface area contributed by atoms with Gasteiger partial charge in [-0.1, -0.05) is 36.4 Å². The minimum absolute atomic E-state index is 0.0638. The van der Waals surface area contributed by atoms with Gasteiger partial charge in [0.05, 0.1) is 26.0 Å². The molecule has 6 heteroatoms. The van der Waals surface area contributed by atoms with Gasteiger partial charge in [-0.05, 0) is 40.8 Å². The number of fused-ring (bicyclic) bond motifs is 1. The van der Waals surface area contributed by atoms with Gasteiger partial charge in [0.1, 0.15) is 17.1 Å². The second-order valence-electron chi connectivity index (χ2n) is 6.55. The molecule has 0 aliphatic carbocycles. The van der Waals surface area contributed by atoms with Crippen molar-refractivity contribution in [2.75, 3.05) is 14.2 Å². The summed E-state index contributed by atoms with van der Waals surface area (Å²) >= 11 is 0. The smallest absolute Gasteiger partial charge is 0.342 e. The normalized spacial score (nSPS) is 10.7. The van der Waals surface area contributed by atoms with Crippen LogP contribution in [-0.2, 0) is 9.47 Å². The lowest BCUT2D eigenvalue weighted by molar-refractivity contribution is 0.0553. The maximum absolute atomic E-state index is 12.7. The summed E-state index contributed by atoms with van der Waals surface area (Å²) in [4.78, 5) is 25.1. The van der Waals surface area contributed by atoms with Crippen molar-refractivity contribution >= 4 is 22.7 Å². The van der Waals surface area contributed by atoms with E-state index in [9.17, 15) is 14.7 Å². The van der Waals surface area contributed by atoms with Crippen molar-refractivity contribution in [3.8, 4) is 28.2 Å². The molecule has 3 aromatic carbocycles. The fourth-order valence-corrected chi connectivity index (χ4v) is 3.64. The molecule has 6 nitrogen and oxygen atoms in total. The predicted molar refractivity (Wildman–Crippen MR) is 111 cm³/mol. The number of carbonyl (C=O) groups is 2. The fourth-order valence-electron chi connectivity index (χ4n) is 3.64. The quantitative estimate of drug-likeness (QED) is 0.481. The van der Waals surface area contributed by atoms with E-state index in [0.29, 0.717) is 16.9 Å². The molecule has 0 saturated carbocycles. The second-order valence-corrected chi connectivity index (χ2v) is 6.55. The zero-order valence-corrected chi connectivity index (χ0v) is 16.3. The van der Waals surface area contributed by atoms with Crippen molar-refractivity contribution in [1.29, 1.82) is 0 Å². The van der Waals surface area contributed by atoms with Gasteiger partial charge in [0.25, 0.3) is 0 Å². The third-order valence-corrected chi connectivity index (χ3v) is 4.94. The Kier molecular flexibility index (Phi) is 4.98. The molecular formula is C24H18O6. The number of benzene rings is 3. The van der Waals surface area contributed by atoms with E-state index in [4.69, 9.17) is 13.9 Å². The van der Waals surface area contributed by atoms with Crippen LogP contribution in [0.2, 0.25) is 0 Å². The minimum atomic E-state index is -0.832. The van der Waals surface area contributed by atoms with E-state index in [-0.39, 0.29) is 16.9 Å². The first-order chi connectivity index (χ1) is 14.6. The summed E-state index contributed by atoms with van der Waals surface area (Å²) < 4.78 is 15.3. The van der Waals surface area contributed by atoms with Crippen LogP contribution >= 0.6 is 0 Å². The number of carbonyl (C=O) groups excluding carboxylic acids is 2. The Balaban J connectivity index is 2.12. The molecule has 150 valence electrons. The highest BCUT2D eigenvalue weighted by molar-refractivity contribution is 6.13. The van der Waals surface area contributed by atoms with Gasteiger partial charge < -0.3 is 19.0 Å². The molecule has 30 heavy (non-hydrogen) atoms. The average molecular weight is 402 g/mol. The summed E-state index contributed by atoms with van der Waals surface area (Å²) in [5.74, 6) is -1.29. The van der Waals surface area contributed by atoms with Crippen molar-refractivity contribution in [3.05, 3.63) is 78.1 Å². The Bertz CT molecular complexity index is 1250. The minimum Gasteiger partial charge on any atom is -0.507 e. The number of esters is 2. The highest BCUT2D eigenvalue weighted by Crippen LogP contribution is 2.40. The zero-order chi connectivity index (χ0) is 21.3. The van der Waals surface area contributed by atoms with E-state index >= 15 is 0 Å². The SMILES string of the molecule is COC(=O)c1c(O)ccc(-c2cccc3cccc(-c4ccco4)c23)c1C(=O)OC. The van der Waals surface area contributed by atoms with Gasteiger partial charge in [-0.3, -0.25) is 0 Å². The summed E-state index contributed by atoms with van der Waals surface area (Å²) in [5.41, 5.74) is 1.65. The molecule has 0 amide bonds. The van der Waals surface area contributed by atoms with Gasteiger partial charge in [0.15, 0.2) is 0 Å². The summed E-state index contributed by atoms with van der Waals surface area (Å²) in [6, 6.07) is 18.0. The van der Waals surface area contributed by atoms with Gasteiger partial charge in [-0.2, -0.15) is 0 Å². The lowest BCUT2D eigenvalue weighted by Gasteiger charge is -2.16. The number of ether oxygens (including phenoxy) is 2. The lowest BCUT2D eigenvalue weighted by atomic mass is 9.89. The largest absolute Gasteiger partial charge is 0.507 e. The zero-order valence-electron chi connectivity index (χ0n) is 16.3. The van der Waals surface area contributed by atoms with Crippen LogP contribution in [0.4, 0.5) is 0 Å². The van der Waals surface area contributed by atoms with Crippen LogP contribution in [-0.4, -0.2) is 31.3 Å². The van der Waals surface area contributed by atoms with E-state index in [1.165, 1.54) is 20.3 Å². The monoisotopic (exact) mass is 402 g/mol. The summed E-state index contributed by atoms with van der Waals surface area (Å²) in [6.07, 6.45) is 1.59. The van der Waals surface area contributed by atoms with Gasteiger partial charge in [0, 0.05) is 10.9 Å². The molecule has 0 aliphatic heterocycles. The number of rotatable bonds is 4. The standard InChI is InChI=1S/C24H18O6/c1-28-23(26)21-16(11-12-18(25)22(21)24(27)29-2)15-8-3-6-14-7-4-9-17(20(14)15)19-10-5-13-30-19/h3-13,25H,1-2H3. The first kappa shape index (κ1) is 19.3. The van der Waals surface area contributed by atoms with Crippen LogP contribution in [0.3, 0.4) is 0 Å². The van der Waals surface area contributed by atoms with Crippen molar-refractivity contribution < 1.29 is 28.6 Å². The Hall–Kier alpha value is -4.06. The van der Waals surface area contributed by atoms with Crippen LogP contribution in [0.5, 0.6) is 5.75 Å². The second kappa shape index (κ2) is 7.75. The van der Waals surface area contributed by atoms with Crippen LogP contribution in [0.15, 0.2) is 71.3 Å². The van der Waals surface area contributed by atoms with E-state index in [2.05, 4.69) is 0 Å². The number of furan rings is 1. The molecule has 0 atom stereocenters. The van der Waals surface area contributed by atoms with Gasteiger partial charge in [-0.15, -0.1) is 0 Å². The lowest BCUT2D eigenvalue weighted by Crippen LogP contribution is -2.14. The topological polar surface area (TPSA) is 86.0 Å². The molecule has 0 fully saturated rings. The molecule has 0 radical (unpaired) electrons. The van der Waals surface area contributed by atoms with E-state index < -0.39 is 11.9 Å². The summed E-state index contributed by atoms with van der Waals surface area (Å²) in [6.45, 7) is 0. The predicted octanol–water partition coefficient (Wildman–Crippen LogP) is 5.05. The molecule has 0 spiro atoms. The molecule has 1 aromatic heterocycles. The Labute approximate surface area is 172 Å². The molecule has 4 aromatic rings. The maximum atomic E-state index is 12.7. The van der Waals surface area contributed by atoms with Crippen LogP contribution < -0.4 is 0 Å². The van der Waals surface area contributed by atoms with Crippen molar-refractivity contribution in [3.63, 3.8) is 0 Å². The molecule has 1 N–H and O–H groups in total. The maximum Gasteiger partial charge on any atom is 0.342 e. The number of phenolic OH excluding ortho intramolecular Hbond substituents is 1. The van der Waals surface area contributed by atoms with Crippen molar-refractivity contribution in [2.45, 2.75) is 0 Å². The number of hydrogen-bond acceptors (Lipinski definition) is 6. The summed E-state index contributed by atoms with van der Waals surface area (Å²) in [7, 11) is 2.40. The van der Waals surface area contributed by atoms with E-state index in [1.807, 2.05) is 42.5 Å². The Morgan fingerprint density at radius 1 is 0.767 bits per heavy atom. The average Bonchev–Trinajstić information content (AvgIpc) is 3.32. The van der Waals surface area contributed by atoms with E-state index in [0.717, 1.165) is 16.3 Å². The first-order valence-electron chi connectivity index (χ1n) is 9.15. The highest BCUT2D eigenvalue weighted by atomic mass is 16.5. The first-order valence-corrected chi connectivity index (χ1v) is 9.15. The number of methoxy groups -OCH3 is 2. The number of phenols is 1. The van der Waals surface area contributed by atoms with Crippen molar-refractivity contribution in [1.82, 2.24) is 0 Å². The Morgan fingerprint density at radius 3 is 2.07 bits per heavy atom. The Morgan fingerprint density at radius 2 is 1.43 bits per heavy atom. The van der Waals surface area contributed by atoms with Crippen molar-refractivity contribution in [2.24, 2.45) is 0 Å². The number of hydrogen-bond donors (Lipinski definition) is 1. The molecule has 1 heterocycles. The molecule has 0 saturated heterocycles. The third kappa shape index (κ3) is 3.08. The molecular weight excluding hydrogens is 384 g/mol. The molecule has 0 aliphatic rings. The highest BCUT2D eigenvalue weighted by Gasteiger charge is 2.27. The summed E-state index contributed by atoms with van der Waals surface area (Å²) in [5, 5.41) is 12.1. The van der Waals surface area contributed by atoms with Gasteiger partial charge >= 0.3 is 11.9 Å². The number of aromatic hydroxyl groups is 1. The molecule has 0 bridgehead atoms. The van der Waals surface area contributed by atoms with E-state index in [1.54, 1.807) is 18.4 Å².